The highest BCUT2D eigenvalue weighted by Gasteiger charge is 2.81. The second kappa shape index (κ2) is 14.6. The molecule has 0 aliphatic heterocycles. The number of benzene rings is 1. The van der Waals surface area contributed by atoms with Crippen molar-refractivity contribution in [2.45, 2.75) is 146 Å². The number of aliphatic hydroxyl groups is 1. The number of carboxylic acid groups (broad SMARTS) is 1. The van der Waals surface area contributed by atoms with Crippen LogP contribution in [0.25, 0.3) is 0 Å². The molecule has 0 spiro atoms. The summed E-state index contributed by atoms with van der Waals surface area (Å²) in [7, 11) is 0. The lowest BCUT2D eigenvalue weighted by atomic mass is 9.52. The summed E-state index contributed by atoms with van der Waals surface area (Å²) in [5.74, 6) is -19.9. The number of hydrogen-bond donors (Lipinski definition) is 3. The standard InChI is InChI=1S/C35H47F9O4/c1-31-18-16-26-25-13-12-24(45)20-23(25)19-22(29(26)27(31)14-15-28(31)46)10-7-5-3-2-4-6-9-21(30(47)48)11-8-17-32(36,37)33(38,39)34(40,41)35(42,43)44/h12-13,20-22,26-29,45-46H,2-11,14-19H2,1H3,(H,47,48)/t21?,22?,26?,27?,28-,29?,31-/m0/s1. The largest absolute Gasteiger partial charge is 0.508 e. The lowest BCUT2D eigenvalue weighted by molar-refractivity contribution is -0.396. The van der Waals surface area contributed by atoms with E-state index in [-0.39, 0.29) is 23.7 Å². The summed E-state index contributed by atoms with van der Waals surface area (Å²) in [5, 5.41) is 30.4. The normalized spacial score (nSPS) is 28.4. The Balaban J connectivity index is 1.20. The number of carboxylic acids is 1. The van der Waals surface area contributed by atoms with Crippen molar-refractivity contribution in [3.63, 3.8) is 0 Å². The predicted octanol–water partition coefficient (Wildman–Crippen LogP) is 10.3. The summed E-state index contributed by atoms with van der Waals surface area (Å²) in [6.45, 7) is 2.23. The number of carbonyl (C=O) groups is 1. The van der Waals surface area contributed by atoms with Gasteiger partial charge in [-0.05, 0) is 110 Å². The van der Waals surface area contributed by atoms with E-state index in [2.05, 4.69) is 13.0 Å². The zero-order valence-corrected chi connectivity index (χ0v) is 27.2. The molecule has 1 aromatic carbocycles. The van der Waals surface area contributed by atoms with Gasteiger partial charge in [-0.3, -0.25) is 4.79 Å². The number of aliphatic carboxylic acids is 1. The molecule has 3 N–H and O–H groups in total. The number of fused-ring (bicyclic) bond motifs is 5. The number of unbranched alkanes of at least 4 members (excludes halogenated alkanes) is 5. The van der Waals surface area contributed by atoms with Gasteiger partial charge in [0.05, 0.1) is 12.0 Å². The fraction of sp³-hybridized carbons (Fsp3) is 0.800. The van der Waals surface area contributed by atoms with E-state index < -0.39 is 55.1 Å². The molecule has 3 aliphatic carbocycles. The van der Waals surface area contributed by atoms with Crippen molar-refractivity contribution >= 4 is 5.97 Å². The van der Waals surface area contributed by atoms with Gasteiger partial charge in [0.2, 0.25) is 0 Å². The van der Waals surface area contributed by atoms with Crippen molar-refractivity contribution in [1.82, 2.24) is 0 Å². The van der Waals surface area contributed by atoms with Gasteiger partial charge in [0.25, 0.3) is 0 Å². The Bertz CT molecular complexity index is 1250. The molecule has 13 heteroatoms. The van der Waals surface area contributed by atoms with E-state index in [0.717, 1.165) is 64.2 Å². The van der Waals surface area contributed by atoms with Crippen molar-refractivity contribution in [3.8, 4) is 5.75 Å². The van der Waals surface area contributed by atoms with Gasteiger partial charge in [-0.2, -0.15) is 39.5 Å². The number of phenolic OH excluding ortho intramolecular Hbond substituents is 1. The lowest BCUT2D eigenvalue weighted by Crippen LogP contribution is -2.60. The molecule has 2 saturated carbocycles. The molecule has 4 nitrogen and oxygen atoms in total. The van der Waals surface area contributed by atoms with Gasteiger partial charge < -0.3 is 15.3 Å². The Hall–Kier alpha value is -2.18. The SMILES string of the molecule is C[C@]12CCC3c4ccc(O)cc4CC(CCCCCCCCC(CCCC(F)(F)C(F)(F)C(F)(F)C(F)(F)F)C(=O)O)C3C1CC[C@@H]2O. The van der Waals surface area contributed by atoms with Crippen molar-refractivity contribution in [3.05, 3.63) is 29.3 Å². The summed E-state index contributed by atoms with van der Waals surface area (Å²) in [5.41, 5.74) is 2.45. The molecule has 0 saturated heterocycles. The van der Waals surface area contributed by atoms with Crippen LogP contribution in [0.4, 0.5) is 39.5 Å². The predicted molar refractivity (Wildman–Crippen MR) is 160 cm³/mol. The quantitative estimate of drug-likeness (QED) is 0.118. The van der Waals surface area contributed by atoms with E-state index in [0.29, 0.717) is 36.5 Å². The average Bonchev–Trinajstić information content (AvgIpc) is 3.29. The maximum atomic E-state index is 13.8. The van der Waals surface area contributed by atoms with Crippen LogP contribution in [0.3, 0.4) is 0 Å². The third-order valence-corrected chi connectivity index (χ3v) is 11.8. The van der Waals surface area contributed by atoms with Crippen LogP contribution in [0.5, 0.6) is 5.75 Å². The van der Waals surface area contributed by atoms with Crippen LogP contribution in [0.15, 0.2) is 18.2 Å². The van der Waals surface area contributed by atoms with Crippen LogP contribution < -0.4 is 0 Å². The molecule has 1 aromatic rings. The molecule has 0 heterocycles. The zero-order valence-electron chi connectivity index (χ0n) is 27.2. The van der Waals surface area contributed by atoms with Crippen LogP contribution in [-0.4, -0.2) is 51.3 Å². The highest BCUT2D eigenvalue weighted by Crippen LogP contribution is 2.63. The summed E-state index contributed by atoms with van der Waals surface area (Å²) in [6, 6.07) is 5.71. The number of aliphatic hydroxyl groups excluding tert-OH is 1. The van der Waals surface area contributed by atoms with E-state index in [9.17, 15) is 59.6 Å². The molecule has 5 unspecified atom stereocenters. The van der Waals surface area contributed by atoms with Gasteiger partial charge in [-0.15, -0.1) is 0 Å². The summed E-state index contributed by atoms with van der Waals surface area (Å²) >= 11 is 0. The number of aromatic hydroxyl groups is 1. The zero-order chi connectivity index (χ0) is 35.7. The maximum absolute atomic E-state index is 13.8. The molecule has 48 heavy (non-hydrogen) atoms. The van der Waals surface area contributed by atoms with Gasteiger partial charge in [-0.25, -0.2) is 0 Å². The van der Waals surface area contributed by atoms with Crippen molar-refractivity contribution in [2.24, 2.45) is 29.1 Å². The first-order chi connectivity index (χ1) is 22.2. The van der Waals surface area contributed by atoms with Crippen molar-refractivity contribution < 1.29 is 59.6 Å². The monoisotopic (exact) mass is 702 g/mol. The molecular formula is C35H47F9O4. The van der Waals surface area contributed by atoms with Crippen LogP contribution in [0.2, 0.25) is 0 Å². The van der Waals surface area contributed by atoms with E-state index in [1.54, 1.807) is 6.07 Å². The molecule has 4 rings (SSSR count). The van der Waals surface area contributed by atoms with E-state index in [1.807, 2.05) is 6.07 Å². The molecule has 0 amide bonds. The molecule has 0 aromatic heterocycles. The minimum absolute atomic E-state index is 0.0411. The van der Waals surface area contributed by atoms with Crippen LogP contribution >= 0.6 is 0 Å². The number of hydrogen-bond acceptors (Lipinski definition) is 3. The number of halogens is 9. The fourth-order valence-corrected chi connectivity index (χ4v) is 9.06. The third-order valence-electron chi connectivity index (χ3n) is 11.8. The minimum atomic E-state index is -6.94. The Morgan fingerprint density at radius 1 is 0.875 bits per heavy atom. The Morgan fingerprint density at radius 2 is 1.50 bits per heavy atom. The van der Waals surface area contributed by atoms with E-state index in [4.69, 9.17) is 0 Å². The van der Waals surface area contributed by atoms with Crippen molar-refractivity contribution in [2.75, 3.05) is 0 Å². The number of alkyl halides is 9. The summed E-state index contributed by atoms with van der Waals surface area (Å²) in [4.78, 5) is 11.6. The van der Waals surface area contributed by atoms with Gasteiger partial charge >= 0.3 is 29.9 Å². The van der Waals surface area contributed by atoms with Crippen LogP contribution in [0, 0.1) is 29.1 Å². The molecule has 0 bridgehead atoms. The van der Waals surface area contributed by atoms with E-state index in [1.165, 1.54) is 11.1 Å². The van der Waals surface area contributed by atoms with Gasteiger partial charge in [0.1, 0.15) is 5.75 Å². The molecule has 0 radical (unpaired) electrons. The number of phenols is 1. The Labute approximate surface area is 275 Å². The second-order valence-corrected chi connectivity index (χ2v) is 14.8. The van der Waals surface area contributed by atoms with Gasteiger partial charge in [-0.1, -0.05) is 51.5 Å². The van der Waals surface area contributed by atoms with Gasteiger partial charge in [0.15, 0.2) is 0 Å². The molecular weight excluding hydrogens is 655 g/mol. The van der Waals surface area contributed by atoms with E-state index >= 15 is 0 Å². The minimum Gasteiger partial charge on any atom is -0.508 e. The fourth-order valence-electron chi connectivity index (χ4n) is 9.06. The Kier molecular flexibility index (Phi) is 11.7. The Morgan fingerprint density at radius 3 is 2.15 bits per heavy atom. The maximum Gasteiger partial charge on any atom is 0.460 e. The summed E-state index contributed by atoms with van der Waals surface area (Å²) < 4.78 is 118. The highest BCUT2D eigenvalue weighted by molar-refractivity contribution is 5.69. The second-order valence-electron chi connectivity index (χ2n) is 14.8. The first kappa shape index (κ1) is 38.6. The first-order valence-electron chi connectivity index (χ1n) is 17.2. The smallest absolute Gasteiger partial charge is 0.460 e. The highest BCUT2D eigenvalue weighted by atomic mass is 19.4. The van der Waals surface area contributed by atoms with Crippen molar-refractivity contribution in [1.29, 1.82) is 0 Å². The van der Waals surface area contributed by atoms with Gasteiger partial charge in [0, 0.05) is 6.42 Å². The average molecular weight is 703 g/mol. The molecule has 3 aliphatic rings. The first-order valence-corrected chi connectivity index (χ1v) is 17.2. The topological polar surface area (TPSA) is 77.8 Å². The third kappa shape index (κ3) is 7.60. The molecule has 2 fully saturated rings. The summed E-state index contributed by atoms with van der Waals surface area (Å²) in [6.07, 6.45) is -0.270. The molecule has 7 atom stereocenters. The number of rotatable bonds is 16. The van der Waals surface area contributed by atoms with Crippen LogP contribution in [-0.2, 0) is 11.2 Å². The lowest BCUT2D eigenvalue weighted by Gasteiger charge is -2.53. The molecule has 274 valence electrons. The van der Waals surface area contributed by atoms with Crippen LogP contribution in [0.1, 0.15) is 120 Å².